The highest BCUT2D eigenvalue weighted by molar-refractivity contribution is 5.96. The van der Waals surface area contributed by atoms with Gasteiger partial charge in [-0.25, -0.2) is 0 Å². The van der Waals surface area contributed by atoms with Crippen molar-refractivity contribution in [2.45, 2.75) is 38.4 Å². The number of aliphatic carboxylic acids is 1. The molecule has 0 bridgehead atoms. The monoisotopic (exact) mass is 413 g/mol. The van der Waals surface area contributed by atoms with Crippen molar-refractivity contribution in [2.75, 3.05) is 0 Å². The summed E-state index contributed by atoms with van der Waals surface area (Å²) < 4.78 is 0. The zero-order valence-corrected chi connectivity index (χ0v) is 17.5. The summed E-state index contributed by atoms with van der Waals surface area (Å²) in [5.41, 5.74) is 2.40. The molecule has 158 valence electrons. The van der Waals surface area contributed by atoms with Crippen LogP contribution in [0.4, 0.5) is 0 Å². The lowest BCUT2D eigenvalue weighted by atomic mass is 9.57. The Morgan fingerprint density at radius 2 is 1.26 bits per heavy atom. The number of hydrogen-bond donors (Lipinski definition) is 1. The second-order valence-corrected chi connectivity index (χ2v) is 8.41. The zero-order chi connectivity index (χ0) is 21.7. The largest absolute Gasteiger partial charge is 0.481 e. The van der Waals surface area contributed by atoms with Crippen molar-refractivity contribution in [1.82, 2.24) is 4.90 Å². The summed E-state index contributed by atoms with van der Waals surface area (Å²) in [6.07, 6.45) is 0.689. The van der Waals surface area contributed by atoms with Crippen LogP contribution in [0.1, 0.15) is 29.5 Å². The quantitative estimate of drug-likeness (QED) is 0.551. The summed E-state index contributed by atoms with van der Waals surface area (Å²) in [7, 11) is 0. The molecule has 31 heavy (non-hydrogen) atoms. The van der Waals surface area contributed by atoms with E-state index in [-0.39, 0.29) is 18.2 Å². The van der Waals surface area contributed by atoms with Gasteiger partial charge < -0.3 is 5.11 Å². The lowest BCUT2D eigenvalue weighted by Gasteiger charge is -2.52. The maximum atomic E-state index is 13.0. The van der Waals surface area contributed by atoms with Crippen LogP contribution in [0, 0.1) is 5.41 Å². The molecule has 1 aliphatic carbocycles. The highest BCUT2D eigenvalue weighted by Gasteiger charge is 2.57. The zero-order valence-electron chi connectivity index (χ0n) is 17.5. The molecule has 0 heterocycles. The van der Waals surface area contributed by atoms with E-state index in [9.17, 15) is 14.7 Å². The number of carbonyl (C=O) groups excluding carboxylic acids is 1. The Labute approximate surface area is 183 Å². The molecule has 0 aromatic heterocycles. The van der Waals surface area contributed by atoms with Crippen molar-refractivity contribution in [2.24, 2.45) is 5.41 Å². The van der Waals surface area contributed by atoms with Crippen LogP contribution in [-0.4, -0.2) is 27.8 Å². The Morgan fingerprint density at radius 1 is 0.806 bits per heavy atom. The predicted molar refractivity (Wildman–Crippen MR) is 120 cm³/mol. The molecule has 0 aliphatic heterocycles. The number of Topliss-reactive ketones (excluding diaryl/α,β-unsaturated/α-hetero) is 1. The number of hydrogen-bond acceptors (Lipinski definition) is 3. The van der Waals surface area contributed by atoms with E-state index in [1.165, 1.54) is 0 Å². The number of benzene rings is 3. The van der Waals surface area contributed by atoms with Gasteiger partial charge in [0.1, 0.15) is 5.78 Å². The fourth-order valence-corrected chi connectivity index (χ4v) is 4.74. The summed E-state index contributed by atoms with van der Waals surface area (Å²) in [6, 6.07) is 30.0. The fourth-order valence-electron chi connectivity index (χ4n) is 4.74. The Kier molecular flexibility index (Phi) is 6.28. The molecular formula is C27H27NO3. The molecule has 1 N–H and O–H groups in total. The van der Waals surface area contributed by atoms with Gasteiger partial charge in [0.15, 0.2) is 0 Å². The van der Waals surface area contributed by atoms with Crippen molar-refractivity contribution < 1.29 is 14.7 Å². The van der Waals surface area contributed by atoms with Crippen molar-refractivity contribution >= 4 is 11.8 Å². The Bertz CT molecular complexity index is 979. The van der Waals surface area contributed by atoms with Crippen molar-refractivity contribution in [1.29, 1.82) is 0 Å². The van der Waals surface area contributed by atoms with Crippen LogP contribution in [-0.2, 0) is 29.1 Å². The Hall–Kier alpha value is -3.24. The topological polar surface area (TPSA) is 57.6 Å². The van der Waals surface area contributed by atoms with Crippen LogP contribution in [0.25, 0.3) is 0 Å². The second-order valence-electron chi connectivity index (χ2n) is 8.41. The average molecular weight is 414 g/mol. The predicted octanol–water partition coefficient (Wildman–Crippen LogP) is 4.73. The highest BCUT2D eigenvalue weighted by atomic mass is 16.4. The summed E-state index contributed by atoms with van der Waals surface area (Å²) in [5, 5.41) is 9.72. The molecule has 1 saturated carbocycles. The molecule has 4 rings (SSSR count). The maximum Gasteiger partial charge on any atom is 0.304 e. The second kappa shape index (κ2) is 9.27. The molecule has 0 radical (unpaired) electrons. The van der Waals surface area contributed by atoms with E-state index in [0.29, 0.717) is 25.9 Å². The van der Waals surface area contributed by atoms with E-state index in [4.69, 9.17) is 0 Å². The smallest absolute Gasteiger partial charge is 0.304 e. The van der Waals surface area contributed by atoms with Gasteiger partial charge in [-0.15, -0.1) is 0 Å². The molecule has 2 atom stereocenters. The molecule has 1 fully saturated rings. The van der Waals surface area contributed by atoms with Crippen LogP contribution in [0.5, 0.6) is 0 Å². The molecule has 3 aromatic carbocycles. The minimum Gasteiger partial charge on any atom is -0.481 e. The van der Waals surface area contributed by atoms with Crippen molar-refractivity contribution in [3.8, 4) is 0 Å². The fraction of sp³-hybridized carbons (Fsp3) is 0.259. The molecule has 4 heteroatoms. The normalized spacial score (nSPS) is 20.4. The van der Waals surface area contributed by atoms with E-state index < -0.39 is 11.4 Å². The molecule has 0 amide bonds. The van der Waals surface area contributed by atoms with Gasteiger partial charge in [-0.2, -0.15) is 0 Å². The summed E-state index contributed by atoms with van der Waals surface area (Å²) >= 11 is 0. The number of carboxylic acid groups (broad SMARTS) is 1. The van der Waals surface area contributed by atoms with Gasteiger partial charge >= 0.3 is 5.97 Å². The number of carbonyl (C=O) groups is 2. The Morgan fingerprint density at radius 3 is 1.68 bits per heavy atom. The van der Waals surface area contributed by atoms with Gasteiger partial charge in [0.25, 0.3) is 0 Å². The van der Waals surface area contributed by atoms with Gasteiger partial charge in [-0.3, -0.25) is 14.5 Å². The molecule has 0 saturated heterocycles. The molecule has 0 spiro atoms. The first-order valence-electron chi connectivity index (χ1n) is 10.7. The van der Waals surface area contributed by atoms with Gasteiger partial charge in [0.2, 0.25) is 0 Å². The lowest BCUT2D eigenvalue weighted by molar-refractivity contribution is -0.160. The van der Waals surface area contributed by atoms with Gasteiger partial charge in [-0.1, -0.05) is 91.0 Å². The highest BCUT2D eigenvalue weighted by Crippen LogP contribution is 2.47. The number of carboxylic acids is 1. The van der Waals surface area contributed by atoms with Crippen LogP contribution in [0.2, 0.25) is 0 Å². The van der Waals surface area contributed by atoms with Crippen LogP contribution in [0.15, 0.2) is 91.0 Å². The molecular weight excluding hydrogens is 386 g/mol. The van der Waals surface area contributed by atoms with Crippen LogP contribution >= 0.6 is 0 Å². The number of ketones is 1. The molecule has 3 aromatic rings. The number of nitrogens with zero attached hydrogens (tertiary/aromatic N) is 1. The third-order valence-electron chi connectivity index (χ3n) is 6.30. The summed E-state index contributed by atoms with van der Waals surface area (Å²) in [5.74, 6) is -0.872. The first kappa shape index (κ1) is 21.0. The number of rotatable bonds is 9. The maximum absolute atomic E-state index is 13.0. The van der Waals surface area contributed by atoms with Crippen molar-refractivity contribution in [3.05, 3.63) is 108 Å². The van der Waals surface area contributed by atoms with Gasteiger partial charge in [0.05, 0.1) is 11.8 Å². The van der Waals surface area contributed by atoms with Crippen LogP contribution < -0.4 is 0 Å². The summed E-state index contributed by atoms with van der Waals surface area (Å²) in [4.78, 5) is 27.2. The summed E-state index contributed by atoms with van der Waals surface area (Å²) in [6.45, 7) is 1.34. The minimum absolute atomic E-state index is 0.0508. The SMILES string of the molecule is O=C(O)CC1(Cc2ccccc2)C(=O)CC1N(Cc1ccccc1)Cc1ccccc1. The molecule has 2 unspecified atom stereocenters. The van der Waals surface area contributed by atoms with Gasteiger partial charge in [-0.05, 0) is 23.1 Å². The first-order chi connectivity index (χ1) is 15.1. The van der Waals surface area contributed by atoms with Gasteiger partial charge in [0, 0.05) is 25.6 Å². The standard InChI is InChI=1S/C27H27NO3/c29-25-16-24(27(25,18-26(30)31)17-21-10-4-1-5-11-21)28(19-22-12-6-2-7-13-22)20-23-14-8-3-9-15-23/h1-15,24H,16-20H2,(H,30,31). The third-order valence-corrected chi connectivity index (χ3v) is 6.30. The minimum atomic E-state index is -0.923. The van der Waals surface area contributed by atoms with E-state index in [2.05, 4.69) is 29.2 Å². The molecule has 4 nitrogen and oxygen atoms in total. The Balaban J connectivity index is 1.68. The van der Waals surface area contributed by atoms with Crippen LogP contribution in [0.3, 0.4) is 0 Å². The third kappa shape index (κ3) is 4.75. The molecule has 1 aliphatic rings. The average Bonchev–Trinajstić information content (AvgIpc) is 2.78. The van der Waals surface area contributed by atoms with E-state index >= 15 is 0 Å². The van der Waals surface area contributed by atoms with Crippen molar-refractivity contribution in [3.63, 3.8) is 0 Å². The lowest BCUT2D eigenvalue weighted by Crippen LogP contribution is -2.63. The van der Waals surface area contributed by atoms with E-state index in [1.807, 2.05) is 66.7 Å². The van der Waals surface area contributed by atoms with E-state index in [0.717, 1.165) is 16.7 Å². The van der Waals surface area contributed by atoms with E-state index in [1.54, 1.807) is 0 Å². The first-order valence-corrected chi connectivity index (χ1v) is 10.7.